The van der Waals surface area contributed by atoms with Gasteiger partial charge in [-0.05, 0) is 47.2 Å². The smallest absolute Gasteiger partial charge is 0.330 e. The van der Waals surface area contributed by atoms with E-state index in [1.165, 1.54) is 11.6 Å². The fraction of sp³-hybridized carbons (Fsp3) is 0.286. The topological polar surface area (TPSA) is 46.5 Å². The molecule has 0 saturated carbocycles. The van der Waals surface area contributed by atoms with E-state index in [-0.39, 0.29) is 11.2 Å². The van der Waals surface area contributed by atoms with Crippen LogP contribution in [-0.2, 0) is 14.9 Å². The van der Waals surface area contributed by atoms with Crippen LogP contribution >= 0.6 is 0 Å². The molecule has 126 valence electrons. The maximum absolute atomic E-state index is 11.4. The third-order valence-corrected chi connectivity index (χ3v) is 3.80. The first-order valence-electron chi connectivity index (χ1n) is 8.10. The lowest BCUT2D eigenvalue weighted by molar-refractivity contribution is -0.137. The van der Waals surface area contributed by atoms with Crippen molar-refractivity contribution in [1.29, 1.82) is 0 Å². The van der Waals surface area contributed by atoms with Crippen molar-refractivity contribution >= 4 is 12.0 Å². The van der Waals surface area contributed by atoms with E-state index in [0.717, 1.165) is 11.1 Å². The minimum atomic E-state index is -0.420. The molecule has 0 aliphatic heterocycles. The van der Waals surface area contributed by atoms with Gasteiger partial charge in [-0.2, -0.15) is 0 Å². The molecular weight excluding hydrogens is 300 g/mol. The van der Waals surface area contributed by atoms with Gasteiger partial charge < -0.3 is 9.84 Å². The van der Waals surface area contributed by atoms with E-state index in [4.69, 9.17) is 4.74 Å². The highest BCUT2D eigenvalue weighted by Crippen LogP contribution is 2.29. The van der Waals surface area contributed by atoms with Crippen molar-refractivity contribution in [2.45, 2.75) is 33.1 Å². The monoisotopic (exact) mass is 324 g/mol. The van der Waals surface area contributed by atoms with E-state index >= 15 is 0 Å². The summed E-state index contributed by atoms with van der Waals surface area (Å²) in [6.07, 6.45) is 2.89. The first-order chi connectivity index (χ1) is 11.3. The maximum atomic E-state index is 11.4. The van der Waals surface area contributed by atoms with Crippen LogP contribution < -0.4 is 0 Å². The minimum absolute atomic E-state index is 0.112. The molecule has 0 aliphatic rings. The third-order valence-electron chi connectivity index (χ3n) is 3.80. The third kappa shape index (κ3) is 4.48. The summed E-state index contributed by atoms with van der Waals surface area (Å²) in [5, 5.41) is 9.97. The Kier molecular flexibility index (Phi) is 5.45. The maximum Gasteiger partial charge on any atom is 0.330 e. The summed E-state index contributed by atoms with van der Waals surface area (Å²) in [6, 6.07) is 13.8. The number of ether oxygens (including phenoxy) is 1. The molecular formula is C21H24O3. The molecule has 0 aromatic heterocycles. The molecule has 1 N–H and O–H groups in total. The van der Waals surface area contributed by atoms with Gasteiger partial charge in [0.25, 0.3) is 0 Å². The fourth-order valence-electron chi connectivity index (χ4n) is 2.38. The van der Waals surface area contributed by atoms with E-state index in [2.05, 4.69) is 45.0 Å². The SMILES string of the molecule is CCOC(=O)/C=C/c1cc(-c2ccc(C(C)(C)C)cc2)ccc1O. The molecule has 2 rings (SSSR count). The van der Waals surface area contributed by atoms with Crippen molar-refractivity contribution in [3.63, 3.8) is 0 Å². The number of hydrogen-bond donors (Lipinski definition) is 1. The van der Waals surface area contributed by atoms with Crippen molar-refractivity contribution in [1.82, 2.24) is 0 Å². The van der Waals surface area contributed by atoms with Gasteiger partial charge in [-0.1, -0.05) is 51.1 Å². The van der Waals surface area contributed by atoms with Gasteiger partial charge >= 0.3 is 5.97 Å². The predicted octanol–water partition coefficient (Wildman–Crippen LogP) is 4.93. The average molecular weight is 324 g/mol. The van der Waals surface area contributed by atoms with Gasteiger partial charge in [0.2, 0.25) is 0 Å². The lowest BCUT2D eigenvalue weighted by Gasteiger charge is -2.19. The lowest BCUT2D eigenvalue weighted by Crippen LogP contribution is -2.10. The van der Waals surface area contributed by atoms with Gasteiger partial charge in [-0.3, -0.25) is 0 Å². The first-order valence-corrected chi connectivity index (χ1v) is 8.10. The van der Waals surface area contributed by atoms with Crippen LogP contribution in [0.1, 0.15) is 38.8 Å². The number of carbonyl (C=O) groups is 1. The number of benzene rings is 2. The van der Waals surface area contributed by atoms with Crippen LogP contribution in [0.3, 0.4) is 0 Å². The van der Waals surface area contributed by atoms with Gasteiger partial charge in [0, 0.05) is 11.6 Å². The van der Waals surface area contributed by atoms with Crippen molar-refractivity contribution in [2.24, 2.45) is 0 Å². The average Bonchev–Trinajstić information content (AvgIpc) is 2.54. The molecule has 0 bridgehead atoms. The largest absolute Gasteiger partial charge is 0.507 e. The Balaban J connectivity index is 2.29. The number of rotatable bonds is 4. The summed E-state index contributed by atoms with van der Waals surface area (Å²) in [5.74, 6) is -0.289. The molecule has 2 aromatic rings. The van der Waals surface area contributed by atoms with E-state index < -0.39 is 5.97 Å². The number of esters is 1. The highest BCUT2D eigenvalue weighted by Gasteiger charge is 2.13. The van der Waals surface area contributed by atoms with E-state index in [0.29, 0.717) is 12.2 Å². The number of phenolic OH excluding ortho intramolecular Hbond substituents is 1. The Morgan fingerprint density at radius 3 is 2.29 bits per heavy atom. The Bertz CT molecular complexity index is 735. The molecule has 0 atom stereocenters. The summed E-state index contributed by atoms with van der Waals surface area (Å²) in [7, 11) is 0. The number of carbonyl (C=O) groups excluding carboxylic acids is 1. The lowest BCUT2D eigenvalue weighted by atomic mass is 9.86. The Labute approximate surface area is 143 Å². The molecule has 3 nitrogen and oxygen atoms in total. The van der Waals surface area contributed by atoms with Gasteiger partial charge in [-0.15, -0.1) is 0 Å². The normalized spacial score (nSPS) is 11.7. The molecule has 2 aromatic carbocycles. The summed E-state index contributed by atoms with van der Waals surface area (Å²) in [4.78, 5) is 11.4. The van der Waals surface area contributed by atoms with Gasteiger partial charge in [-0.25, -0.2) is 4.79 Å². The molecule has 0 radical (unpaired) electrons. The second-order valence-electron chi connectivity index (χ2n) is 6.69. The first kappa shape index (κ1) is 17.8. The molecule has 0 aliphatic carbocycles. The van der Waals surface area contributed by atoms with Gasteiger partial charge in [0.1, 0.15) is 5.75 Å². The summed E-state index contributed by atoms with van der Waals surface area (Å²) in [5.41, 5.74) is 4.01. The number of phenols is 1. The molecule has 0 saturated heterocycles. The second-order valence-corrected chi connectivity index (χ2v) is 6.69. The molecule has 24 heavy (non-hydrogen) atoms. The molecule has 0 unspecified atom stereocenters. The standard InChI is InChI=1S/C21H24O3/c1-5-24-20(23)13-9-17-14-16(8-12-19(17)22)15-6-10-18(11-7-15)21(2,3)4/h6-14,22H,5H2,1-4H3/b13-9+. The highest BCUT2D eigenvalue weighted by molar-refractivity contribution is 5.88. The van der Waals surface area contributed by atoms with Crippen LogP contribution in [0, 0.1) is 0 Å². The quantitative estimate of drug-likeness (QED) is 0.640. The Morgan fingerprint density at radius 1 is 1.08 bits per heavy atom. The molecule has 0 amide bonds. The molecule has 3 heteroatoms. The number of aromatic hydroxyl groups is 1. The van der Waals surface area contributed by atoms with Crippen molar-refractivity contribution in [3.05, 3.63) is 59.7 Å². The second kappa shape index (κ2) is 7.35. The summed E-state index contributed by atoms with van der Waals surface area (Å²) >= 11 is 0. The van der Waals surface area contributed by atoms with Gasteiger partial charge in [0.05, 0.1) is 6.61 Å². The van der Waals surface area contributed by atoms with Crippen LogP contribution in [-0.4, -0.2) is 17.7 Å². The van der Waals surface area contributed by atoms with Crippen LogP contribution in [0.2, 0.25) is 0 Å². The fourth-order valence-corrected chi connectivity index (χ4v) is 2.38. The van der Waals surface area contributed by atoms with Crippen molar-refractivity contribution < 1.29 is 14.6 Å². The van der Waals surface area contributed by atoms with Crippen LogP contribution in [0.5, 0.6) is 5.75 Å². The molecule has 0 heterocycles. The van der Waals surface area contributed by atoms with Crippen LogP contribution in [0.4, 0.5) is 0 Å². The van der Waals surface area contributed by atoms with E-state index in [1.54, 1.807) is 19.1 Å². The minimum Gasteiger partial charge on any atom is -0.507 e. The van der Waals surface area contributed by atoms with E-state index in [9.17, 15) is 9.90 Å². The molecule has 0 fully saturated rings. The molecule has 0 spiro atoms. The summed E-state index contributed by atoms with van der Waals surface area (Å²) in [6.45, 7) is 8.63. The van der Waals surface area contributed by atoms with E-state index in [1.807, 2.05) is 12.1 Å². The Morgan fingerprint density at radius 2 is 1.71 bits per heavy atom. The van der Waals surface area contributed by atoms with Crippen molar-refractivity contribution in [3.8, 4) is 16.9 Å². The number of hydrogen-bond acceptors (Lipinski definition) is 3. The zero-order chi connectivity index (χ0) is 17.7. The van der Waals surface area contributed by atoms with Gasteiger partial charge in [0.15, 0.2) is 0 Å². The predicted molar refractivity (Wildman–Crippen MR) is 97.9 cm³/mol. The zero-order valence-corrected chi connectivity index (χ0v) is 14.7. The van der Waals surface area contributed by atoms with Crippen LogP contribution in [0.15, 0.2) is 48.5 Å². The zero-order valence-electron chi connectivity index (χ0n) is 14.7. The highest BCUT2D eigenvalue weighted by atomic mass is 16.5. The Hall–Kier alpha value is -2.55. The van der Waals surface area contributed by atoms with Crippen molar-refractivity contribution in [2.75, 3.05) is 6.61 Å². The van der Waals surface area contributed by atoms with Crippen LogP contribution in [0.25, 0.3) is 17.2 Å². The summed E-state index contributed by atoms with van der Waals surface area (Å²) < 4.78 is 4.86.